The summed E-state index contributed by atoms with van der Waals surface area (Å²) in [6.07, 6.45) is -4.72. The second-order valence-electron chi connectivity index (χ2n) is 10.6. The monoisotopic (exact) mass is 633 g/mol. The number of methoxy groups -OCH3 is 1. The van der Waals surface area contributed by atoms with Crippen LogP contribution >= 0.6 is 0 Å². The van der Waals surface area contributed by atoms with Gasteiger partial charge in [-0.1, -0.05) is 6.07 Å². The van der Waals surface area contributed by atoms with Gasteiger partial charge in [-0.2, -0.15) is 17.5 Å². The van der Waals surface area contributed by atoms with Crippen molar-refractivity contribution in [3.05, 3.63) is 75.8 Å². The minimum Gasteiger partial charge on any atom is -0.497 e. The van der Waals surface area contributed by atoms with Crippen molar-refractivity contribution in [3.8, 4) is 17.2 Å². The third-order valence-corrected chi connectivity index (χ3v) is 10.2. The van der Waals surface area contributed by atoms with Crippen molar-refractivity contribution in [3.63, 3.8) is 0 Å². The molecular formula is C31H34F3N3O6S. The minimum absolute atomic E-state index is 0.0556. The average molecular weight is 634 g/mol. The zero-order valence-corrected chi connectivity index (χ0v) is 26.1. The van der Waals surface area contributed by atoms with Crippen molar-refractivity contribution in [2.75, 3.05) is 38.6 Å². The number of halogens is 3. The Morgan fingerprint density at radius 3 is 1.95 bits per heavy atom. The van der Waals surface area contributed by atoms with E-state index in [4.69, 9.17) is 9.47 Å². The van der Waals surface area contributed by atoms with Crippen LogP contribution in [0.25, 0.3) is 0 Å². The lowest BCUT2D eigenvalue weighted by atomic mass is 9.95. The van der Waals surface area contributed by atoms with Crippen LogP contribution in [0.2, 0.25) is 0 Å². The third-order valence-electron chi connectivity index (χ3n) is 8.07. The molecule has 0 bridgehead atoms. The van der Waals surface area contributed by atoms with E-state index in [1.807, 2.05) is 20.8 Å². The molecule has 0 aromatic heterocycles. The molecule has 236 valence electrons. The van der Waals surface area contributed by atoms with E-state index in [1.54, 1.807) is 32.0 Å². The molecule has 1 heterocycles. The van der Waals surface area contributed by atoms with E-state index in [0.717, 1.165) is 28.8 Å². The number of nitrogens with zero attached hydrogens (tertiary/aromatic N) is 2. The third kappa shape index (κ3) is 6.53. The molecule has 3 aromatic carbocycles. The number of alkyl halides is 3. The maximum atomic E-state index is 13.7. The molecule has 9 nitrogen and oxygen atoms in total. The van der Waals surface area contributed by atoms with Crippen LogP contribution in [0.4, 0.5) is 18.9 Å². The van der Waals surface area contributed by atoms with E-state index in [0.29, 0.717) is 22.9 Å². The van der Waals surface area contributed by atoms with Crippen LogP contribution in [0.1, 0.15) is 33.4 Å². The SMILES string of the molecule is COc1cccc(Oc2ccc(C(F)(F)F)cc2NC(=O)C(=O)N2CCN(S(=O)(=O)c3c(C)c(C)c(C)c(C)c3C)CC2)c1. The van der Waals surface area contributed by atoms with Crippen molar-refractivity contribution in [1.29, 1.82) is 0 Å². The Balaban J connectivity index is 1.51. The molecule has 0 atom stereocenters. The van der Waals surface area contributed by atoms with Crippen molar-refractivity contribution >= 4 is 27.5 Å². The van der Waals surface area contributed by atoms with Crippen molar-refractivity contribution in [1.82, 2.24) is 9.21 Å². The van der Waals surface area contributed by atoms with Crippen LogP contribution in [-0.2, 0) is 25.8 Å². The average Bonchev–Trinajstić information content (AvgIpc) is 2.99. The largest absolute Gasteiger partial charge is 0.497 e. The standard InChI is InChI=1S/C31H34F3N3O6S/c1-18-19(2)21(4)28(22(5)20(18)3)44(40,41)37-14-12-36(13-15-37)30(39)29(38)35-26-16-23(31(32,33)34)10-11-27(26)43-25-9-7-8-24(17-25)42-6/h7-11,16-17H,12-15H2,1-6H3,(H,35,38). The molecule has 0 aliphatic carbocycles. The van der Waals surface area contributed by atoms with E-state index in [1.165, 1.54) is 22.4 Å². The lowest BCUT2D eigenvalue weighted by Gasteiger charge is -2.34. The fourth-order valence-corrected chi connectivity index (χ4v) is 7.10. The van der Waals surface area contributed by atoms with E-state index >= 15 is 0 Å². The van der Waals surface area contributed by atoms with Crippen LogP contribution in [0.15, 0.2) is 47.4 Å². The van der Waals surface area contributed by atoms with Gasteiger partial charge in [0, 0.05) is 32.2 Å². The van der Waals surface area contributed by atoms with Gasteiger partial charge >= 0.3 is 18.0 Å². The summed E-state index contributed by atoms with van der Waals surface area (Å²) in [6, 6.07) is 8.84. The summed E-state index contributed by atoms with van der Waals surface area (Å²) in [5.41, 5.74) is 2.72. The number of piperazine rings is 1. The fraction of sp³-hybridized carbons (Fsp3) is 0.355. The molecule has 0 saturated carbocycles. The molecule has 13 heteroatoms. The number of rotatable bonds is 6. The van der Waals surface area contributed by atoms with Gasteiger partial charge in [-0.15, -0.1) is 0 Å². The van der Waals surface area contributed by atoms with Gasteiger partial charge in [0.15, 0.2) is 5.75 Å². The molecule has 1 fully saturated rings. The van der Waals surface area contributed by atoms with Gasteiger partial charge in [-0.25, -0.2) is 8.42 Å². The summed E-state index contributed by atoms with van der Waals surface area (Å²) in [5.74, 6) is -1.66. The minimum atomic E-state index is -4.72. The highest BCUT2D eigenvalue weighted by Gasteiger charge is 2.36. The van der Waals surface area contributed by atoms with Gasteiger partial charge in [0.2, 0.25) is 10.0 Å². The highest BCUT2D eigenvalue weighted by molar-refractivity contribution is 7.89. The molecule has 1 N–H and O–H groups in total. The van der Waals surface area contributed by atoms with Gasteiger partial charge in [0.05, 0.1) is 23.3 Å². The molecule has 0 radical (unpaired) electrons. The maximum absolute atomic E-state index is 13.7. The second-order valence-corrected chi connectivity index (χ2v) is 12.5. The molecule has 0 spiro atoms. The predicted molar refractivity (Wildman–Crippen MR) is 159 cm³/mol. The van der Waals surface area contributed by atoms with E-state index in [2.05, 4.69) is 5.32 Å². The van der Waals surface area contributed by atoms with Crippen LogP contribution in [0.3, 0.4) is 0 Å². The lowest BCUT2D eigenvalue weighted by molar-refractivity contribution is -0.143. The first-order chi connectivity index (χ1) is 20.6. The van der Waals surface area contributed by atoms with Crippen LogP contribution < -0.4 is 14.8 Å². The molecule has 4 rings (SSSR count). The van der Waals surface area contributed by atoms with Gasteiger partial charge < -0.3 is 19.7 Å². The number of carbonyl (C=O) groups excluding carboxylic acids is 2. The normalized spacial score (nSPS) is 14.3. The van der Waals surface area contributed by atoms with Crippen molar-refractivity contribution in [2.24, 2.45) is 0 Å². The summed E-state index contributed by atoms with van der Waals surface area (Å²) in [7, 11) is -2.46. The molecule has 0 unspecified atom stereocenters. The van der Waals surface area contributed by atoms with Gasteiger partial charge in [0.25, 0.3) is 0 Å². The Morgan fingerprint density at radius 2 is 1.39 bits per heavy atom. The number of carbonyl (C=O) groups is 2. The Labute approximate surface area is 254 Å². The molecular weight excluding hydrogens is 599 g/mol. The molecule has 1 aliphatic rings. The quantitative estimate of drug-likeness (QED) is 0.359. The van der Waals surface area contributed by atoms with Gasteiger partial charge in [-0.05, 0) is 92.8 Å². The first-order valence-corrected chi connectivity index (χ1v) is 15.2. The Kier molecular flexibility index (Phi) is 9.31. The number of nitrogens with one attached hydrogen (secondary N) is 1. The van der Waals surface area contributed by atoms with Crippen LogP contribution in [-0.4, -0.2) is 62.7 Å². The smallest absolute Gasteiger partial charge is 0.416 e. The highest BCUT2D eigenvalue weighted by atomic mass is 32.2. The highest BCUT2D eigenvalue weighted by Crippen LogP contribution is 2.38. The van der Waals surface area contributed by atoms with Gasteiger partial charge in [-0.3, -0.25) is 9.59 Å². The number of anilines is 1. The van der Waals surface area contributed by atoms with Crippen LogP contribution in [0, 0.1) is 34.6 Å². The number of amides is 2. The number of ether oxygens (including phenoxy) is 2. The zero-order chi connectivity index (χ0) is 32.6. The Morgan fingerprint density at radius 1 is 0.818 bits per heavy atom. The predicted octanol–water partition coefficient (Wildman–Crippen LogP) is 5.52. The summed E-state index contributed by atoms with van der Waals surface area (Å²) in [6.45, 7) is 8.97. The maximum Gasteiger partial charge on any atom is 0.416 e. The van der Waals surface area contributed by atoms with Crippen LogP contribution in [0.5, 0.6) is 17.2 Å². The van der Waals surface area contributed by atoms with Crippen molar-refractivity contribution < 1.29 is 40.7 Å². The number of hydrogen-bond acceptors (Lipinski definition) is 6. The number of benzene rings is 3. The van der Waals surface area contributed by atoms with E-state index in [9.17, 15) is 31.2 Å². The summed E-state index contributed by atoms with van der Waals surface area (Å²) < 4.78 is 79.9. The molecule has 2 amide bonds. The van der Waals surface area contributed by atoms with Crippen molar-refractivity contribution in [2.45, 2.75) is 45.7 Å². The zero-order valence-electron chi connectivity index (χ0n) is 25.3. The summed E-state index contributed by atoms with van der Waals surface area (Å²) in [5, 5.41) is 2.25. The fourth-order valence-electron chi connectivity index (χ4n) is 5.12. The summed E-state index contributed by atoms with van der Waals surface area (Å²) >= 11 is 0. The molecule has 1 saturated heterocycles. The van der Waals surface area contributed by atoms with Gasteiger partial charge in [0.1, 0.15) is 11.5 Å². The number of hydrogen-bond donors (Lipinski definition) is 1. The molecule has 44 heavy (non-hydrogen) atoms. The first-order valence-electron chi connectivity index (χ1n) is 13.8. The lowest BCUT2D eigenvalue weighted by Crippen LogP contribution is -2.53. The van der Waals surface area contributed by atoms with E-state index < -0.39 is 33.6 Å². The molecule has 3 aromatic rings. The first kappa shape index (κ1) is 32.8. The summed E-state index contributed by atoms with van der Waals surface area (Å²) in [4.78, 5) is 27.5. The van der Waals surface area contributed by atoms with E-state index in [-0.39, 0.29) is 48.3 Å². The molecule has 1 aliphatic heterocycles. The Hall–Kier alpha value is -4.10. The Bertz CT molecular complexity index is 1690. The number of sulfonamides is 1. The second kappa shape index (κ2) is 12.5. The topological polar surface area (TPSA) is 105 Å².